The number of likely N-dealkylation sites (N-methyl/N-ethyl adjacent to an activating group) is 1. The molecule has 1 aliphatic heterocycles. The van der Waals surface area contributed by atoms with E-state index in [0.29, 0.717) is 24.7 Å². The first-order valence-corrected chi connectivity index (χ1v) is 10.4. The third kappa shape index (κ3) is 3.29. The van der Waals surface area contributed by atoms with E-state index in [9.17, 15) is 4.79 Å². The molecule has 2 aliphatic rings. The number of methoxy groups -OCH3 is 1. The predicted octanol–water partition coefficient (Wildman–Crippen LogP) is 2.41. The Morgan fingerprint density at radius 3 is 2.72 bits per heavy atom. The van der Waals surface area contributed by atoms with Gasteiger partial charge in [-0.25, -0.2) is 4.68 Å². The summed E-state index contributed by atoms with van der Waals surface area (Å²) in [5.74, 6) is 1.65. The average molecular weight is 399 g/mol. The Bertz CT molecular complexity index is 889. The van der Waals surface area contributed by atoms with Crippen molar-refractivity contribution in [2.75, 3.05) is 34.3 Å². The van der Waals surface area contributed by atoms with Crippen LogP contribution in [0.25, 0.3) is 0 Å². The Labute approximate surface area is 171 Å². The van der Waals surface area contributed by atoms with E-state index in [2.05, 4.69) is 34.5 Å². The van der Waals surface area contributed by atoms with Crippen molar-refractivity contribution in [3.05, 3.63) is 35.2 Å². The standard InChI is InChI=1S/C21H30N6O2/c1-15-17(10-7-11-18(15)29-4)19(28)26-13-12-21(14-26,25(2)3)20-22-23-24-27(20)16-8-5-6-9-16/h7,10-11,16H,5-6,8-9,12-14H2,1-4H3. The first-order valence-electron chi connectivity index (χ1n) is 10.4. The molecule has 2 heterocycles. The van der Waals surface area contributed by atoms with Crippen LogP contribution in [-0.4, -0.2) is 70.2 Å². The summed E-state index contributed by atoms with van der Waals surface area (Å²) in [7, 11) is 5.74. The number of hydrogen-bond donors (Lipinski definition) is 0. The molecule has 29 heavy (non-hydrogen) atoms. The number of carbonyl (C=O) groups is 1. The van der Waals surface area contributed by atoms with Gasteiger partial charge in [-0.15, -0.1) is 5.10 Å². The summed E-state index contributed by atoms with van der Waals surface area (Å²) in [4.78, 5) is 17.5. The third-order valence-electron chi connectivity index (χ3n) is 6.71. The summed E-state index contributed by atoms with van der Waals surface area (Å²) in [6, 6.07) is 5.99. The third-order valence-corrected chi connectivity index (χ3v) is 6.71. The maximum absolute atomic E-state index is 13.4. The van der Waals surface area contributed by atoms with E-state index in [1.54, 1.807) is 7.11 Å². The van der Waals surface area contributed by atoms with E-state index in [4.69, 9.17) is 4.74 Å². The van der Waals surface area contributed by atoms with Crippen molar-refractivity contribution >= 4 is 5.91 Å². The molecule has 0 N–H and O–H groups in total. The second-order valence-corrected chi connectivity index (χ2v) is 8.42. The quantitative estimate of drug-likeness (QED) is 0.770. The summed E-state index contributed by atoms with van der Waals surface area (Å²) in [5.41, 5.74) is 1.18. The fraction of sp³-hybridized carbons (Fsp3) is 0.619. The van der Waals surface area contributed by atoms with E-state index in [0.717, 1.165) is 36.4 Å². The smallest absolute Gasteiger partial charge is 0.254 e. The number of likely N-dealkylation sites (tertiary alicyclic amines) is 1. The van der Waals surface area contributed by atoms with Gasteiger partial charge in [-0.3, -0.25) is 9.69 Å². The number of benzene rings is 1. The summed E-state index contributed by atoms with van der Waals surface area (Å²) in [5, 5.41) is 12.8. The molecule has 0 bridgehead atoms. The van der Waals surface area contributed by atoms with Gasteiger partial charge in [0.05, 0.1) is 13.2 Å². The van der Waals surface area contributed by atoms with Crippen LogP contribution < -0.4 is 4.74 Å². The van der Waals surface area contributed by atoms with Gasteiger partial charge >= 0.3 is 0 Å². The first kappa shape index (κ1) is 19.8. The molecule has 1 amide bonds. The van der Waals surface area contributed by atoms with Crippen molar-refractivity contribution in [1.29, 1.82) is 0 Å². The predicted molar refractivity (Wildman–Crippen MR) is 109 cm³/mol. The van der Waals surface area contributed by atoms with Gasteiger partial charge < -0.3 is 9.64 Å². The van der Waals surface area contributed by atoms with Gasteiger partial charge in [0.2, 0.25) is 0 Å². The SMILES string of the molecule is COc1cccc(C(=O)N2CCC(c3nnnn3C3CCCC3)(N(C)C)C2)c1C. The second-order valence-electron chi connectivity index (χ2n) is 8.42. The van der Waals surface area contributed by atoms with Crippen LogP contribution in [0.3, 0.4) is 0 Å². The van der Waals surface area contributed by atoms with E-state index < -0.39 is 0 Å². The number of aromatic nitrogens is 4. The Hall–Kier alpha value is -2.48. The molecule has 1 aromatic heterocycles. The minimum Gasteiger partial charge on any atom is -0.496 e. The van der Waals surface area contributed by atoms with Crippen LogP contribution in [0.5, 0.6) is 5.75 Å². The molecule has 1 saturated heterocycles. The van der Waals surface area contributed by atoms with Gasteiger partial charge in [0.15, 0.2) is 5.82 Å². The van der Waals surface area contributed by atoms with E-state index in [1.165, 1.54) is 12.8 Å². The zero-order valence-electron chi connectivity index (χ0n) is 17.8. The Morgan fingerprint density at radius 1 is 1.28 bits per heavy atom. The minimum atomic E-state index is -0.380. The molecule has 4 rings (SSSR count). The highest BCUT2D eigenvalue weighted by Crippen LogP contribution is 2.39. The van der Waals surface area contributed by atoms with Gasteiger partial charge in [-0.05, 0) is 62.8 Å². The van der Waals surface area contributed by atoms with E-state index in [1.807, 2.05) is 34.7 Å². The number of hydrogen-bond acceptors (Lipinski definition) is 6. The number of amides is 1. The van der Waals surface area contributed by atoms with Crippen molar-refractivity contribution in [2.24, 2.45) is 0 Å². The molecule has 8 nitrogen and oxygen atoms in total. The summed E-state index contributed by atoms with van der Waals surface area (Å²) in [6.45, 7) is 3.18. The molecule has 1 aromatic carbocycles. The summed E-state index contributed by atoms with van der Waals surface area (Å²) < 4.78 is 7.43. The lowest BCUT2D eigenvalue weighted by Crippen LogP contribution is -2.47. The Kier molecular flexibility index (Phi) is 5.29. The van der Waals surface area contributed by atoms with Crippen LogP contribution >= 0.6 is 0 Å². The van der Waals surface area contributed by atoms with Gasteiger partial charge in [0, 0.05) is 24.2 Å². The van der Waals surface area contributed by atoms with Crippen LogP contribution in [0.15, 0.2) is 18.2 Å². The highest BCUT2D eigenvalue weighted by molar-refractivity contribution is 5.96. The van der Waals surface area contributed by atoms with Crippen molar-refractivity contribution < 1.29 is 9.53 Å². The number of carbonyl (C=O) groups excluding carboxylic acids is 1. The summed E-state index contributed by atoms with van der Waals surface area (Å²) in [6.07, 6.45) is 5.49. The van der Waals surface area contributed by atoms with Gasteiger partial charge in [0.25, 0.3) is 5.91 Å². The van der Waals surface area contributed by atoms with Crippen molar-refractivity contribution in [1.82, 2.24) is 30.0 Å². The Morgan fingerprint density at radius 2 is 2.03 bits per heavy atom. The zero-order valence-corrected chi connectivity index (χ0v) is 17.8. The largest absolute Gasteiger partial charge is 0.496 e. The molecule has 2 fully saturated rings. The van der Waals surface area contributed by atoms with E-state index in [-0.39, 0.29) is 11.4 Å². The lowest BCUT2D eigenvalue weighted by Gasteiger charge is -2.35. The number of ether oxygens (including phenoxy) is 1. The molecule has 2 aromatic rings. The average Bonchev–Trinajstić information content (AvgIpc) is 3.47. The molecule has 1 unspecified atom stereocenters. The fourth-order valence-corrected chi connectivity index (χ4v) is 4.85. The highest BCUT2D eigenvalue weighted by atomic mass is 16.5. The van der Waals surface area contributed by atoms with E-state index >= 15 is 0 Å². The monoisotopic (exact) mass is 398 g/mol. The molecule has 156 valence electrons. The van der Waals surface area contributed by atoms with Crippen molar-refractivity contribution in [3.63, 3.8) is 0 Å². The minimum absolute atomic E-state index is 0.0324. The molecular formula is C21H30N6O2. The molecule has 8 heteroatoms. The van der Waals surface area contributed by atoms with Crippen LogP contribution in [0.2, 0.25) is 0 Å². The molecule has 1 atom stereocenters. The van der Waals surface area contributed by atoms with Crippen LogP contribution in [-0.2, 0) is 5.54 Å². The number of nitrogens with zero attached hydrogens (tertiary/aromatic N) is 6. The molecule has 0 radical (unpaired) electrons. The molecule has 1 saturated carbocycles. The number of rotatable bonds is 5. The molecule has 0 spiro atoms. The normalized spacial score (nSPS) is 22.6. The van der Waals surface area contributed by atoms with Crippen LogP contribution in [0.4, 0.5) is 0 Å². The van der Waals surface area contributed by atoms with Gasteiger partial charge in [-0.1, -0.05) is 18.9 Å². The second kappa shape index (κ2) is 7.74. The highest BCUT2D eigenvalue weighted by Gasteiger charge is 2.48. The zero-order chi connectivity index (χ0) is 20.6. The topological polar surface area (TPSA) is 76.4 Å². The maximum Gasteiger partial charge on any atom is 0.254 e. The van der Waals surface area contributed by atoms with Gasteiger partial charge in [-0.2, -0.15) is 0 Å². The van der Waals surface area contributed by atoms with Crippen LogP contribution in [0, 0.1) is 6.92 Å². The number of tetrazole rings is 1. The first-order chi connectivity index (χ1) is 14.0. The molecular weight excluding hydrogens is 368 g/mol. The van der Waals surface area contributed by atoms with Crippen molar-refractivity contribution in [2.45, 2.75) is 50.6 Å². The lowest BCUT2D eigenvalue weighted by atomic mass is 9.95. The van der Waals surface area contributed by atoms with Crippen molar-refractivity contribution in [3.8, 4) is 5.75 Å². The Balaban J connectivity index is 1.64. The lowest BCUT2D eigenvalue weighted by molar-refractivity contribution is 0.0736. The molecule has 1 aliphatic carbocycles. The summed E-state index contributed by atoms with van der Waals surface area (Å²) >= 11 is 0. The van der Waals surface area contributed by atoms with Gasteiger partial charge in [0.1, 0.15) is 11.3 Å². The maximum atomic E-state index is 13.4. The fourth-order valence-electron chi connectivity index (χ4n) is 4.85. The van der Waals surface area contributed by atoms with Crippen LogP contribution in [0.1, 0.15) is 59.9 Å².